The van der Waals surface area contributed by atoms with Crippen molar-refractivity contribution in [3.63, 3.8) is 0 Å². The van der Waals surface area contributed by atoms with Gasteiger partial charge in [-0.05, 0) is 52.8 Å². The van der Waals surface area contributed by atoms with Crippen LogP contribution in [0.5, 0.6) is 0 Å². The van der Waals surface area contributed by atoms with Crippen molar-refractivity contribution in [3.8, 4) is 11.1 Å². The summed E-state index contributed by atoms with van der Waals surface area (Å²) in [5.74, 6) is 0. The molecule has 0 radical (unpaired) electrons. The number of aromatic nitrogens is 1. The Kier molecular flexibility index (Phi) is 8.83. The van der Waals surface area contributed by atoms with Crippen molar-refractivity contribution in [1.82, 2.24) is 10.3 Å². The maximum Gasteiger partial charge on any atom is 0.249 e. The SMILES string of the molecule is COC(C/N=C(/NC(c1ccc(Cl)cc1)c1ccc2[nH]c(=O)cc(-c3ccccc3)c2c1)SC)OC. The first-order valence-corrected chi connectivity index (χ1v) is 13.0. The predicted molar refractivity (Wildman–Crippen MR) is 150 cm³/mol. The zero-order valence-electron chi connectivity index (χ0n) is 20.3. The van der Waals surface area contributed by atoms with Gasteiger partial charge in [-0.15, -0.1) is 0 Å². The van der Waals surface area contributed by atoms with Gasteiger partial charge in [0.15, 0.2) is 11.5 Å². The van der Waals surface area contributed by atoms with Gasteiger partial charge in [-0.25, -0.2) is 0 Å². The van der Waals surface area contributed by atoms with Crippen molar-refractivity contribution in [3.05, 3.63) is 105 Å². The minimum atomic E-state index is -0.422. The summed E-state index contributed by atoms with van der Waals surface area (Å²) >= 11 is 7.70. The summed E-state index contributed by atoms with van der Waals surface area (Å²) in [5.41, 5.74) is 4.56. The third-order valence-corrected chi connectivity index (χ3v) is 6.75. The number of hydrogen-bond acceptors (Lipinski definition) is 5. The Morgan fingerprint density at radius 1 is 1.00 bits per heavy atom. The van der Waals surface area contributed by atoms with E-state index in [0.29, 0.717) is 11.6 Å². The van der Waals surface area contributed by atoms with Crippen LogP contribution in [0.15, 0.2) is 88.6 Å². The van der Waals surface area contributed by atoms with Crippen LogP contribution in [-0.2, 0) is 9.47 Å². The Balaban J connectivity index is 1.81. The second-order valence-corrected chi connectivity index (χ2v) is 9.33. The van der Waals surface area contributed by atoms with Crippen molar-refractivity contribution in [2.75, 3.05) is 27.0 Å². The van der Waals surface area contributed by atoms with E-state index in [2.05, 4.69) is 21.4 Å². The third-order valence-electron chi connectivity index (χ3n) is 5.86. The highest BCUT2D eigenvalue weighted by molar-refractivity contribution is 8.13. The Hall–Kier alpha value is -3.10. The number of aromatic amines is 1. The Bertz CT molecular complexity index is 1390. The van der Waals surface area contributed by atoms with E-state index in [0.717, 1.165) is 38.3 Å². The number of nitrogens with zero attached hydrogens (tertiary/aromatic N) is 1. The van der Waals surface area contributed by atoms with Gasteiger partial charge in [0, 0.05) is 36.2 Å². The van der Waals surface area contributed by atoms with Crippen LogP contribution in [0.25, 0.3) is 22.0 Å². The van der Waals surface area contributed by atoms with Gasteiger partial charge < -0.3 is 19.8 Å². The fraction of sp³-hybridized carbons (Fsp3) is 0.214. The fourth-order valence-electron chi connectivity index (χ4n) is 4.02. The molecule has 6 nitrogen and oxygen atoms in total. The smallest absolute Gasteiger partial charge is 0.249 e. The molecule has 0 amide bonds. The molecule has 0 aliphatic rings. The van der Waals surface area contributed by atoms with Gasteiger partial charge in [0.05, 0.1) is 12.6 Å². The zero-order valence-corrected chi connectivity index (χ0v) is 21.9. The number of pyridine rings is 1. The van der Waals surface area contributed by atoms with E-state index < -0.39 is 6.29 Å². The molecule has 0 bridgehead atoms. The van der Waals surface area contributed by atoms with Gasteiger partial charge in [-0.3, -0.25) is 9.79 Å². The van der Waals surface area contributed by atoms with Crippen LogP contribution in [0.1, 0.15) is 17.2 Å². The molecule has 0 aliphatic carbocycles. The molecule has 1 heterocycles. The predicted octanol–water partition coefficient (Wildman–Crippen LogP) is 5.87. The Morgan fingerprint density at radius 3 is 2.36 bits per heavy atom. The Morgan fingerprint density at radius 2 is 1.69 bits per heavy atom. The van der Waals surface area contributed by atoms with Crippen molar-refractivity contribution >= 4 is 39.4 Å². The fourth-order valence-corrected chi connectivity index (χ4v) is 4.58. The topological polar surface area (TPSA) is 75.7 Å². The van der Waals surface area contributed by atoms with Gasteiger partial charge in [0.25, 0.3) is 0 Å². The molecule has 4 rings (SSSR count). The summed E-state index contributed by atoms with van der Waals surface area (Å²) in [6.07, 6.45) is 1.55. The Labute approximate surface area is 219 Å². The summed E-state index contributed by atoms with van der Waals surface area (Å²) in [6.45, 7) is 0.362. The number of aliphatic imine (C=N–C) groups is 1. The van der Waals surface area contributed by atoms with Crippen LogP contribution in [-0.4, -0.2) is 43.5 Å². The highest BCUT2D eigenvalue weighted by Crippen LogP contribution is 2.31. The van der Waals surface area contributed by atoms with Crippen LogP contribution in [0.2, 0.25) is 5.02 Å². The molecule has 2 N–H and O–H groups in total. The summed E-state index contributed by atoms with van der Waals surface area (Å²) in [7, 11) is 3.19. The number of H-pyrrole nitrogens is 1. The van der Waals surface area contributed by atoms with Gasteiger partial charge in [0.2, 0.25) is 5.56 Å². The molecule has 4 aromatic rings. The number of benzene rings is 3. The van der Waals surface area contributed by atoms with E-state index in [9.17, 15) is 4.79 Å². The molecule has 3 aromatic carbocycles. The number of nitrogens with one attached hydrogen (secondary N) is 2. The van der Waals surface area contributed by atoms with Crippen LogP contribution >= 0.6 is 23.4 Å². The second-order valence-electron chi connectivity index (χ2n) is 8.10. The first-order chi connectivity index (χ1) is 17.5. The largest absolute Gasteiger partial charge is 0.354 e. The molecule has 0 saturated heterocycles. The number of hydrogen-bond donors (Lipinski definition) is 2. The van der Waals surface area contributed by atoms with Gasteiger partial charge in [0.1, 0.15) is 0 Å². The molecule has 8 heteroatoms. The average molecular weight is 522 g/mol. The lowest BCUT2D eigenvalue weighted by atomic mass is 9.94. The molecular formula is C28H28ClN3O3S. The number of thioether (sulfide) groups is 1. The normalized spacial score (nSPS) is 12.8. The second kappa shape index (κ2) is 12.2. The van der Waals surface area contributed by atoms with Crippen molar-refractivity contribution in [2.24, 2.45) is 4.99 Å². The van der Waals surface area contributed by atoms with Crippen molar-refractivity contribution < 1.29 is 9.47 Å². The van der Waals surface area contributed by atoms with Gasteiger partial charge in [-0.1, -0.05) is 71.9 Å². The summed E-state index contributed by atoms with van der Waals surface area (Å²) < 4.78 is 10.6. The number of rotatable bonds is 8. The first kappa shape index (κ1) is 26.0. The maximum absolute atomic E-state index is 12.4. The summed E-state index contributed by atoms with van der Waals surface area (Å²) in [5, 5.41) is 5.96. The van der Waals surface area contributed by atoms with Crippen LogP contribution in [0.4, 0.5) is 0 Å². The number of ether oxygens (including phenoxy) is 2. The summed E-state index contributed by atoms with van der Waals surface area (Å²) in [6, 6.07) is 25.2. The lowest BCUT2D eigenvalue weighted by Gasteiger charge is -2.23. The summed E-state index contributed by atoms with van der Waals surface area (Å²) in [4.78, 5) is 20.0. The van der Waals surface area contributed by atoms with Crippen molar-refractivity contribution in [2.45, 2.75) is 12.3 Å². The zero-order chi connectivity index (χ0) is 25.5. The van der Waals surface area contributed by atoms with Gasteiger partial charge in [-0.2, -0.15) is 0 Å². The number of halogens is 1. The quantitative estimate of drug-likeness (QED) is 0.172. The first-order valence-electron chi connectivity index (χ1n) is 11.4. The van der Waals surface area contributed by atoms with Crippen LogP contribution < -0.4 is 10.9 Å². The van der Waals surface area contributed by atoms with Crippen molar-refractivity contribution in [1.29, 1.82) is 0 Å². The van der Waals surface area contributed by atoms with E-state index in [-0.39, 0.29) is 11.6 Å². The average Bonchev–Trinajstić information content (AvgIpc) is 2.91. The lowest BCUT2D eigenvalue weighted by Crippen LogP contribution is -2.28. The molecule has 1 unspecified atom stereocenters. The van der Waals surface area contributed by atoms with E-state index in [1.165, 1.54) is 11.8 Å². The van der Waals surface area contributed by atoms with Crippen LogP contribution in [0.3, 0.4) is 0 Å². The van der Waals surface area contributed by atoms with E-state index >= 15 is 0 Å². The molecule has 1 atom stereocenters. The monoisotopic (exact) mass is 521 g/mol. The lowest BCUT2D eigenvalue weighted by molar-refractivity contribution is -0.0936. The molecular weight excluding hydrogens is 494 g/mol. The third kappa shape index (κ3) is 6.17. The highest BCUT2D eigenvalue weighted by Gasteiger charge is 2.18. The van der Waals surface area contributed by atoms with E-state index in [1.54, 1.807) is 20.3 Å². The van der Waals surface area contributed by atoms with Crippen LogP contribution in [0, 0.1) is 0 Å². The maximum atomic E-state index is 12.4. The molecule has 1 aromatic heterocycles. The standard InChI is InChI=1S/C28H28ClN3O3S/c1-34-26(35-2)17-30-28(36-3)32-27(19-9-12-21(29)13-10-19)20-11-14-24-23(15-20)22(16-25(33)31-24)18-7-5-4-6-8-18/h4-16,26-27H,17H2,1-3H3,(H,30,32)(H,31,33). The molecule has 0 spiro atoms. The highest BCUT2D eigenvalue weighted by atomic mass is 35.5. The van der Waals surface area contributed by atoms with E-state index in [1.807, 2.05) is 73.0 Å². The van der Waals surface area contributed by atoms with E-state index in [4.69, 9.17) is 21.1 Å². The minimum absolute atomic E-state index is 0.135. The number of amidine groups is 1. The van der Waals surface area contributed by atoms with Gasteiger partial charge >= 0.3 is 0 Å². The molecule has 186 valence electrons. The molecule has 36 heavy (non-hydrogen) atoms. The molecule has 0 saturated carbocycles. The number of methoxy groups -OCH3 is 2. The molecule has 0 fully saturated rings. The molecule has 0 aliphatic heterocycles. The minimum Gasteiger partial charge on any atom is -0.354 e. The number of fused-ring (bicyclic) bond motifs is 1.